The second kappa shape index (κ2) is 12.2. The van der Waals surface area contributed by atoms with Crippen molar-refractivity contribution in [3.63, 3.8) is 0 Å². The van der Waals surface area contributed by atoms with Crippen LogP contribution < -0.4 is 5.32 Å². The number of nitrogens with zero attached hydrogens (tertiary/aromatic N) is 4. The van der Waals surface area contributed by atoms with Crippen LogP contribution in [0.5, 0.6) is 0 Å². The molecule has 3 aromatic heterocycles. The third kappa shape index (κ3) is 6.57. The molecule has 0 bridgehead atoms. The molecule has 0 aromatic carbocycles. The van der Waals surface area contributed by atoms with E-state index in [1.165, 1.54) is 31.5 Å². The van der Waals surface area contributed by atoms with Crippen LogP contribution in [-0.2, 0) is 6.42 Å². The fraction of sp³-hybridized carbons (Fsp3) is 0.316. The molecule has 0 unspecified atom stereocenters. The molecule has 1 fully saturated rings. The predicted octanol–water partition coefficient (Wildman–Crippen LogP) is 5.25. The van der Waals surface area contributed by atoms with Gasteiger partial charge in [-0.1, -0.05) is 12.1 Å². The first-order valence-electron chi connectivity index (χ1n) is 8.68. The maximum Gasteiger partial charge on any atom is 0.141 e. The van der Waals surface area contributed by atoms with E-state index < -0.39 is 0 Å². The van der Waals surface area contributed by atoms with E-state index in [0.717, 1.165) is 35.3 Å². The van der Waals surface area contributed by atoms with Crippen LogP contribution in [0.1, 0.15) is 18.4 Å². The highest BCUT2D eigenvalue weighted by Gasteiger charge is 2.11. The number of nitrogens with one attached hydrogen (secondary N) is 1. The first kappa shape index (κ1) is 24.6. The van der Waals surface area contributed by atoms with Crippen LogP contribution in [0.25, 0.3) is 10.7 Å². The van der Waals surface area contributed by atoms with Gasteiger partial charge in [-0.25, -0.2) is 15.0 Å². The van der Waals surface area contributed by atoms with E-state index in [9.17, 15) is 0 Å². The molecule has 5 nitrogen and oxygen atoms in total. The second-order valence-electron chi connectivity index (χ2n) is 6.22. The van der Waals surface area contributed by atoms with Crippen LogP contribution in [0.4, 0.5) is 11.6 Å². The van der Waals surface area contributed by atoms with Crippen molar-refractivity contribution in [2.24, 2.45) is 0 Å². The van der Waals surface area contributed by atoms with Gasteiger partial charge in [0.25, 0.3) is 0 Å². The van der Waals surface area contributed by atoms with Crippen molar-refractivity contribution in [1.29, 1.82) is 0 Å². The lowest BCUT2D eigenvalue weighted by Gasteiger charge is -2.14. The highest BCUT2D eigenvalue weighted by atomic mass is 35.5. The fourth-order valence-corrected chi connectivity index (χ4v) is 3.65. The third-order valence-electron chi connectivity index (χ3n) is 4.40. The normalized spacial score (nSPS) is 13.1. The molecule has 0 spiro atoms. The van der Waals surface area contributed by atoms with Gasteiger partial charge in [0, 0.05) is 24.3 Å². The van der Waals surface area contributed by atoms with Crippen molar-refractivity contribution in [3.05, 3.63) is 53.7 Å². The van der Waals surface area contributed by atoms with Crippen LogP contribution in [0, 0.1) is 0 Å². The Balaban J connectivity index is 0.00000131. The Morgan fingerprint density at radius 2 is 1.79 bits per heavy atom. The number of aromatic nitrogens is 3. The first-order chi connectivity index (χ1) is 12.4. The Kier molecular flexibility index (Phi) is 10.7. The van der Waals surface area contributed by atoms with Crippen molar-refractivity contribution in [3.8, 4) is 10.7 Å². The number of hydrogen-bond acceptors (Lipinski definition) is 6. The Morgan fingerprint density at radius 1 is 0.964 bits per heavy atom. The van der Waals surface area contributed by atoms with E-state index in [1.54, 1.807) is 17.5 Å². The quantitative estimate of drug-likeness (QED) is 0.544. The molecule has 1 N–H and O–H groups in total. The van der Waals surface area contributed by atoms with E-state index >= 15 is 0 Å². The fourth-order valence-electron chi connectivity index (χ4n) is 3.04. The highest BCUT2D eigenvalue weighted by Crippen LogP contribution is 2.22. The first-order valence-corrected chi connectivity index (χ1v) is 9.56. The largest absolute Gasteiger partial charge is 0.325 e. The monoisotopic (exact) mass is 459 g/mol. The van der Waals surface area contributed by atoms with Crippen molar-refractivity contribution in [1.82, 2.24) is 19.9 Å². The minimum atomic E-state index is 0. The van der Waals surface area contributed by atoms with Crippen LogP contribution in [-0.4, -0.2) is 39.5 Å². The molecule has 1 aliphatic rings. The highest BCUT2D eigenvalue weighted by molar-refractivity contribution is 7.13. The third-order valence-corrected chi connectivity index (χ3v) is 5.19. The molecule has 0 amide bonds. The van der Waals surface area contributed by atoms with Crippen molar-refractivity contribution in [2.75, 3.05) is 25.0 Å². The summed E-state index contributed by atoms with van der Waals surface area (Å²) < 4.78 is 0. The Labute approximate surface area is 188 Å². The Hall–Kier alpha value is -1.44. The summed E-state index contributed by atoms with van der Waals surface area (Å²) >= 11 is 1.59. The molecule has 28 heavy (non-hydrogen) atoms. The van der Waals surface area contributed by atoms with Crippen LogP contribution in [0.2, 0.25) is 0 Å². The average Bonchev–Trinajstić information content (AvgIpc) is 3.35. The molecular weight excluding hydrogens is 437 g/mol. The van der Waals surface area contributed by atoms with Gasteiger partial charge in [-0.2, -0.15) is 0 Å². The molecule has 0 aliphatic carbocycles. The molecule has 1 saturated heterocycles. The van der Waals surface area contributed by atoms with Gasteiger partial charge in [0.1, 0.15) is 22.3 Å². The SMILES string of the molecule is Cl.Cl.Cl.c1cc(Nc2ccc(CCN3CCCC3)cn2)nc(-c2nccs2)c1. The topological polar surface area (TPSA) is 53.9 Å². The zero-order valence-corrected chi connectivity index (χ0v) is 18.5. The zero-order valence-electron chi connectivity index (χ0n) is 15.3. The summed E-state index contributed by atoms with van der Waals surface area (Å²) in [6, 6.07) is 10.1. The molecule has 4 heterocycles. The smallest absolute Gasteiger partial charge is 0.141 e. The van der Waals surface area contributed by atoms with Crippen molar-refractivity contribution < 1.29 is 0 Å². The molecule has 4 rings (SSSR count). The number of pyridine rings is 2. The van der Waals surface area contributed by atoms with Crippen LogP contribution in [0.3, 0.4) is 0 Å². The molecule has 3 aromatic rings. The van der Waals surface area contributed by atoms with E-state index in [2.05, 4.69) is 31.2 Å². The summed E-state index contributed by atoms with van der Waals surface area (Å²) in [5.41, 5.74) is 2.16. The minimum Gasteiger partial charge on any atom is -0.325 e. The summed E-state index contributed by atoms with van der Waals surface area (Å²) in [7, 11) is 0. The predicted molar refractivity (Wildman–Crippen MR) is 124 cm³/mol. The van der Waals surface area contributed by atoms with Gasteiger partial charge >= 0.3 is 0 Å². The number of hydrogen-bond donors (Lipinski definition) is 1. The molecule has 152 valence electrons. The lowest BCUT2D eigenvalue weighted by atomic mass is 10.2. The Morgan fingerprint density at radius 3 is 2.46 bits per heavy atom. The van der Waals surface area contributed by atoms with Crippen molar-refractivity contribution in [2.45, 2.75) is 19.3 Å². The zero-order chi connectivity index (χ0) is 16.9. The van der Waals surface area contributed by atoms with Gasteiger partial charge in [0.05, 0.1) is 0 Å². The van der Waals surface area contributed by atoms with E-state index in [4.69, 9.17) is 0 Å². The van der Waals surface area contributed by atoms with Crippen LogP contribution in [0.15, 0.2) is 48.1 Å². The number of anilines is 2. The number of rotatable bonds is 6. The maximum atomic E-state index is 4.61. The summed E-state index contributed by atoms with van der Waals surface area (Å²) in [5.74, 6) is 1.60. The van der Waals surface area contributed by atoms with Gasteiger partial charge in [-0.05, 0) is 56.1 Å². The molecule has 9 heteroatoms. The summed E-state index contributed by atoms with van der Waals surface area (Å²) in [5, 5.41) is 6.16. The van der Waals surface area contributed by atoms with E-state index in [1.807, 2.05) is 35.8 Å². The maximum absolute atomic E-state index is 4.61. The van der Waals surface area contributed by atoms with E-state index in [-0.39, 0.29) is 37.2 Å². The van der Waals surface area contributed by atoms with Crippen molar-refractivity contribution >= 4 is 60.2 Å². The number of halogens is 3. The Bertz CT molecular complexity index is 809. The van der Waals surface area contributed by atoms with Gasteiger partial charge in [0.15, 0.2) is 0 Å². The van der Waals surface area contributed by atoms with Gasteiger partial charge in [-0.15, -0.1) is 48.6 Å². The molecule has 0 saturated carbocycles. The van der Waals surface area contributed by atoms with Gasteiger partial charge in [-0.3, -0.25) is 0 Å². The lowest BCUT2D eigenvalue weighted by Crippen LogP contribution is -2.21. The van der Waals surface area contributed by atoms with Gasteiger partial charge in [0.2, 0.25) is 0 Å². The number of thiazole rings is 1. The van der Waals surface area contributed by atoms with Crippen LogP contribution >= 0.6 is 48.6 Å². The molecule has 0 atom stereocenters. The average molecular weight is 461 g/mol. The van der Waals surface area contributed by atoms with E-state index in [0.29, 0.717) is 0 Å². The summed E-state index contributed by atoms with van der Waals surface area (Å²) in [6.45, 7) is 3.62. The summed E-state index contributed by atoms with van der Waals surface area (Å²) in [4.78, 5) is 16.0. The second-order valence-corrected chi connectivity index (χ2v) is 7.12. The standard InChI is InChI=1S/C19H21N5S.3ClH/c1-2-11-24(10-1)12-8-15-6-7-17(21-14-15)23-18-5-3-4-16(22-18)19-20-9-13-25-19;;;/h3-7,9,13-14H,1-2,8,10-12H2,(H,21,22,23);3*1H. The minimum absolute atomic E-state index is 0. The van der Waals surface area contributed by atoms with Gasteiger partial charge < -0.3 is 10.2 Å². The lowest BCUT2D eigenvalue weighted by molar-refractivity contribution is 0.343. The molecule has 0 radical (unpaired) electrons. The molecule has 1 aliphatic heterocycles. The summed E-state index contributed by atoms with van der Waals surface area (Å²) in [6.07, 6.45) is 7.50. The number of likely N-dealkylation sites (tertiary alicyclic amines) is 1. The molecular formula is C19H24Cl3N5S.